The number of hydrogen-bond donors (Lipinski definition) is 1. The topological polar surface area (TPSA) is 72.7 Å². The number of thiazole rings is 1. The predicted molar refractivity (Wildman–Crippen MR) is 143 cm³/mol. The van der Waals surface area contributed by atoms with Gasteiger partial charge in [0.1, 0.15) is 16.5 Å². The number of thioether (sulfide) groups is 1. The lowest BCUT2D eigenvalue weighted by Crippen LogP contribution is -2.13. The number of carbonyl (C=O) groups is 1. The largest absolute Gasteiger partial charge is 0.318 e. The number of para-hydroxylation sites is 2. The van der Waals surface area contributed by atoms with Gasteiger partial charge >= 0.3 is 0 Å². The Morgan fingerprint density at radius 3 is 2.47 bits per heavy atom. The molecule has 0 fully saturated rings. The molecule has 3 aromatic carbocycles. The van der Waals surface area contributed by atoms with Gasteiger partial charge in [0.2, 0.25) is 0 Å². The molecule has 0 saturated carbocycles. The van der Waals surface area contributed by atoms with E-state index in [1.807, 2.05) is 41.0 Å². The summed E-state index contributed by atoms with van der Waals surface area (Å²) in [5.74, 6) is 0.00109. The van der Waals surface area contributed by atoms with E-state index in [0.717, 1.165) is 5.56 Å². The number of nitrogens with zero attached hydrogens (tertiary/aromatic N) is 4. The fourth-order valence-corrected chi connectivity index (χ4v) is 5.56. The number of halogens is 3. The highest BCUT2D eigenvalue weighted by Gasteiger charge is 2.20. The first-order valence-corrected chi connectivity index (χ1v) is 13.2. The summed E-state index contributed by atoms with van der Waals surface area (Å²) in [7, 11) is 0. The summed E-state index contributed by atoms with van der Waals surface area (Å²) in [6, 6.07) is 20.8. The average molecular weight is 556 g/mol. The maximum Gasteiger partial charge on any atom is 0.275 e. The second kappa shape index (κ2) is 10.8. The minimum Gasteiger partial charge on any atom is -0.318 e. The van der Waals surface area contributed by atoms with Crippen LogP contribution in [0.2, 0.25) is 10.0 Å². The maximum absolute atomic E-state index is 13.9. The van der Waals surface area contributed by atoms with Crippen molar-refractivity contribution in [2.24, 2.45) is 0 Å². The minimum atomic E-state index is -0.509. The van der Waals surface area contributed by atoms with Gasteiger partial charge in [-0.15, -0.1) is 21.5 Å². The molecule has 0 aliphatic rings. The second-order valence-corrected chi connectivity index (χ2v) is 10.1. The number of carbonyl (C=O) groups excluding carboxylic acids is 1. The monoisotopic (exact) mass is 555 g/mol. The van der Waals surface area contributed by atoms with Gasteiger partial charge < -0.3 is 5.32 Å². The lowest BCUT2D eigenvalue weighted by atomic mass is 10.2. The molecule has 2 heterocycles. The normalized spacial score (nSPS) is 11.0. The summed E-state index contributed by atoms with van der Waals surface area (Å²) >= 11 is 15.7. The maximum atomic E-state index is 13.9. The molecule has 180 valence electrons. The third-order valence-corrected chi connectivity index (χ3v) is 7.69. The molecule has 36 heavy (non-hydrogen) atoms. The fourth-order valence-electron chi connectivity index (χ4n) is 3.39. The van der Waals surface area contributed by atoms with Gasteiger partial charge in [0, 0.05) is 10.9 Å². The molecule has 5 aromatic rings. The van der Waals surface area contributed by atoms with Gasteiger partial charge in [0.05, 0.1) is 27.2 Å². The van der Waals surface area contributed by atoms with Crippen molar-refractivity contribution in [1.29, 1.82) is 0 Å². The van der Waals surface area contributed by atoms with Crippen LogP contribution in [0, 0.1) is 5.82 Å². The Morgan fingerprint density at radius 1 is 0.972 bits per heavy atom. The highest BCUT2D eigenvalue weighted by Crippen LogP contribution is 2.35. The Labute approximate surface area is 224 Å². The first-order chi connectivity index (χ1) is 17.5. The van der Waals surface area contributed by atoms with E-state index in [-0.39, 0.29) is 11.4 Å². The van der Waals surface area contributed by atoms with Crippen molar-refractivity contribution < 1.29 is 9.18 Å². The van der Waals surface area contributed by atoms with Crippen molar-refractivity contribution in [2.75, 3.05) is 5.32 Å². The van der Waals surface area contributed by atoms with E-state index >= 15 is 0 Å². The van der Waals surface area contributed by atoms with E-state index in [1.54, 1.807) is 29.6 Å². The number of nitrogens with one attached hydrogen (secondary N) is 1. The lowest BCUT2D eigenvalue weighted by molar-refractivity contribution is 0.102. The van der Waals surface area contributed by atoms with Crippen LogP contribution in [-0.4, -0.2) is 25.7 Å². The third kappa shape index (κ3) is 5.15. The van der Waals surface area contributed by atoms with Crippen LogP contribution in [0.5, 0.6) is 0 Å². The van der Waals surface area contributed by atoms with Gasteiger partial charge in [-0.1, -0.05) is 71.4 Å². The molecule has 1 amide bonds. The molecule has 0 aliphatic carbocycles. The molecule has 5 rings (SSSR count). The molecule has 0 radical (unpaired) electrons. The first kappa shape index (κ1) is 24.5. The fraction of sp³-hybridized carbons (Fsp3) is 0.0400. The predicted octanol–water partition coefficient (Wildman–Crippen LogP) is 7.38. The van der Waals surface area contributed by atoms with Crippen LogP contribution in [0.15, 0.2) is 83.3 Å². The molecular formula is C25H16Cl2FN5OS2. The number of hydrogen-bond acceptors (Lipinski definition) is 6. The third-order valence-electron chi connectivity index (χ3n) is 5.07. The van der Waals surface area contributed by atoms with Gasteiger partial charge in [0.15, 0.2) is 11.0 Å². The summed E-state index contributed by atoms with van der Waals surface area (Å²) in [4.78, 5) is 16.9. The Bertz CT molecular complexity index is 1560. The van der Waals surface area contributed by atoms with E-state index in [2.05, 4.69) is 20.5 Å². The highest BCUT2D eigenvalue weighted by atomic mass is 35.5. The van der Waals surface area contributed by atoms with Crippen molar-refractivity contribution >= 4 is 57.9 Å². The van der Waals surface area contributed by atoms with Gasteiger partial charge in [0.25, 0.3) is 5.91 Å². The lowest BCUT2D eigenvalue weighted by Gasteiger charge is -2.12. The van der Waals surface area contributed by atoms with Gasteiger partial charge in [-0.2, -0.15) is 0 Å². The molecule has 0 saturated heterocycles. The van der Waals surface area contributed by atoms with E-state index in [0.29, 0.717) is 37.5 Å². The zero-order valence-electron chi connectivity index (χ0n) is 18.4. The standard InChI is InChI=1S/C25H16Cl2FN5OS2/c26-16-8-2-1-7-15(16)23-31-32-25(33(23)21-12-6-3-9-17(21)27)36-14-22-29-20(13-35-22)24(34)30-19-11-5-4-10-18(19)28/h1-13H,14H2,(H,30,34). The van der Waals surface area contributed by atoms with Crippen molar-refractivity contribution in [3.63, 3.8) is 0 Å². The summed E-state index contributed by atoms with van der Waals surface area (Å²) in [6.45, 7) is 0. The minimum absolute atomic E-state index is 0.103. The molecule has 2 aromatic heterocycles. The van der Waals surface area contributed by atoms with E-state index in [4.69, 9.17) is 23.2 Å². The van der Waals surface area contributed by atoms with Crippen LogP contribution in [-0.2, 0) is 5.75 Å². The van der Waals surface area contributed by atoms with Crippen LogP contribution in [0.3, 0.4) is 0 Å². The molecule has 1 N–H and O–H groups in total. The van der Waals surface area contributed by atoms with Crippen LogP contribution in [0.25, 0.3) is 17.1 Å². The van der Waals surface area contributed by atoms with Crippen LogP contribution in [0.4, 0.5) is 10.1 Å². The number of amides is 1. The molecule has 6 nitrogen and oxygen atoms in total. The number of aromatic nitrogens is 4. The molecule has 11 heteroatoms. The first-order valence-electron chi connectivity index (χ1n) is 10.6. The average Bonchev–Trinajstić information content (AvgIpc) is 3.52. The molecule has 0 bridgehead atoms. The van der Waals surface area contributed by atoms with Gasteiger partial charge in [-0.05, 0) is 36.4 Å². The summed E-state index contributed by atoms with van der Waals surface area (Å²) in [6.07, 6.45) is 0. The van der Waals surface area contributed by atoms with Crippen LogP contribution >= 0.6 is 46.3 Å². The van der Waals surface area contributed by atoms with Crippen molar-refractivity contribution in [3.05, 3.63) is 105 Å². The highest BCUT2D eigenvalue weighted by molar-refractivity contribution is 7.98. The smallest absolute Gasteiger partial charge is 0.275 e. The molecule has 0 unspecified atom stereocenters. The zero-order chi connectivity index (χ0) is 25.1. The molecule has 0 aliphatic heterocycles. The molecular weight excluding hydrogens is 540 g/mol. The zero-order valence-corrected chi connectivity index (χ0v) is 21.5. The Kier molecular flexibility index (Phi) is 7.33. The van der Waals surface area contributed by atoms with Gasteiger partial charge in [-0.3, -0.25) is 9.36 Å². The van der Waals surface area contributed by atoms with E-state index < -0.39 is 11.7 Å². The van der Waals surface area contributed by atoms with Crippen molar-refractivity contribution in [3.8, 4) is 17.1 Å². The molecule has 0 spiro atoms. The number of benzene rings is 3. The van der Waals surface area contributed by atoms with Crippen LogP contribution in [0.1, 0.15) is 15.5 Å². The number of rotatable bonds is 7. The Hall–Kier alpha value is -3.24. The van der Waals surface area contributed by atoms with E-state index in [1.165, 1.54) is 35.2 Å². The van der Waals surface area contributed by atoms with Crippen LogP contribution < -0.4 is 5.32 Å². The van der Waals surface area contributed by atoms with Crippen molar-refractivity contribution in [2.45, 2.75) is 10.9 Å². The second-order valence-electron chi connectivity index (χ2n) is 7.42. The summed E-state index contributed by atoms with van der Waals surface area (Å²) in [5.41, 5.74) is 1.75. The van der Waals surface area contributed by atoms with Gasteiger partial charge in [-0.25, -0.2) is 9.37 Å². The van der Waals surface area contributed by atoms with Crippen molar-refractivity contribution in [1.82, 2.24) is 19.7 Å². The SMILES string of the molecule is O=C(Nc1ccccc1F)c1csc(CSc2nnc(-c3ccccc3Cl)n2-c2ccccc2Cl)n1. The van der Waals surface area contributed by atoms with E-state index in [9.17, 15) is 9.18 Å². The quantitative estimate of drug-likeness (QED) is 0.212. The Morgan fingerprint density at radius 2 is 1.69 bits per heavy atom. The molecule has 0 atom stereocenters. The number of anilines is 1. The summed E-state index contributed by atoms with van der Waals surface area (Å²) in [5, 5.41) is 15.3. The Balaban J connectivity index is 1.40. The summed E-state index contributed by atoms with van der Waals surface area (Å²) < 4.78 is 15.7.